The lowest BCUT2D eigenvalue weighted by Gasteiger charge is -2.41. The van der Waals surface area contributed by atoms with Crippen molar-refractivity contribution in [3.63, 3.8) is 0 Å². The van der Waals surface area contributed by atoms with Crippen LogP contribution in [0.5, 0.6) is 0 Å². The number of carbonyl (C=O) groups excluding carboxylic acids is 2. The first-order valence-electron chi connectivity index (χ1n) is 11.4. The number of alkyl halides is 1. The van der Waals surface area contributed by atoms with Gasteiger partial charge in [-0.1, -0.05) is 82.7 Å². The first kappa shape index (κ1) is 22.3. The van der Waals surface area contributed by atoms with E-state index in [0.29, 0.717) is 12.1 Å². The summed E-state index contributed by atoms with van der Waals surface area (Å²) >= 11 is 3.83. The van der Waals surface area contributed by atoms with Gasteiger partial charge in [0.05, 0.1) is 14.9 Å². The normalized spacial score (nSPS) is 27.3. The van der Waals surface area contributed by atoms with E-state index < -0.39 is 32.6 Å². The molecule has 9 heteroatoms. The van der Waals surface area contributed by atoms with Gasteiger partial charge in [0.25, 0.3) is 10.0 Å². The van der Waals surface area contributed by atoms with Crippen molar-refractivity contribution in [1.29, 1.82) is 0 Å². The zero-order valence-corrected chi connectivity index (χ0v) is 20.9. The van der Waals surface area contributed by atoms with E-state index in [1.807, 2.05) is 42.5 Å². The zero-order valence-electron chi connectivity index (χ0n) is 18.5. The van der Waals surface area contributed by atoms with Crippen LogP contribution in [0.1, 0.15) is 17.5 Å². The molecule has 3 heterocycles. The molecular weight excluding hydrogens is 530 g/mol. The molecule has 1 N–H and O–H groups in total. The molecule has 3 aliphatic heterocycles. The van der Waals surface area contributed by atoms with Crippen LogP contribution >= 0.6 is 15.9 Å². The molecule has 178 valence electrons. The van der Waals surface area contributed by atoms with E-state index in [9.17, 15) is 18.0 Å². The minimum Gasteiger partial charge on any atom is -0.342 e. The maximum absolute atomic E-state index is 14.0. The first-order valence-corrected chi connectivity index (χ1v) is 13.6. The number of hydrogen-bond acceptors (Lipinski definition) is 4. The van der Waals surface area contributed by atoms with Crippen LogP contribution in [-0.4, -0.2) is 43.4 Å². The highest BCUT2D eigenvalue weighted by Gasteiger charge is 2.66. The van der Waals surface area contributed by atoms with Crippen LogP contribution in [0.25, 0.3) is 0 Å². The minimum absolute atomic E-state index is 0.129. The topological polar surface area (TPSA) is 86.8 Å². The molecule has 0 unspecified atom stereocenters. The molecule has 3 aliphatic rings. The lowest BCUT2D eigenvalue weighted by Crippen LogP contribution is -2.66. The van der Waals surface area contributed by atoms with Gasteiger partial charge in [-0.3, -0.25) is 9.59 Å². The molecule has 0 saturated carbocycles. The van der Waals surface area contributed by atoms with E-state index in [2.05, 4.69) is 21.2 Å². The van der Waals surface area contributed by atoms with E-state index in [1.165, 1.54) is 9.21 Å². The number of para-hydroxylation sites is 1. The van der Waals surface area contributed by atoms with Crippen molar-refractivity contribution < 1.29 is 18.0 Å². The summed E-state index contributed by atoms with van der Waals surface area (Å²) in [5.41, 5.74) is 2.17. The molecule has 2 fully saturated rings. The number of piperazine rings is 1. The monoisotopic (exact) mass is 551 g/mol. The Morgan fingerprint density at radius 1 is 0.914 bits per heavy atom. The van der Waals surface area contributed by atoms with E-state index in [0.717, 1.165) is 11.1 Å². The molecule has 0 spiro atoms. The molecule has 3 aromatic rings. The van der Waals surface area contributed by atoms with Gasteiger partial charge in [0, 0.05) is 12.8 Å². The lowest BCUT2D eigenvalue weighted by atomic mass is 9.95. The fourth-order valence-electron chi connectivity index (χ4n) is 5.53. The Bertz CT molecular complexity index is 1430. The van der Waals surface area contributed by atoms with Crippen molar-refractivity contribution in [2.24, 2.45) is 0 Å². The van der Waals surface area contributed by atoms with Crippen LogP contribution in [0.2, 0.25) is 0 Å². The van der Waals surface area contributed by atoms with Crippen molar-refractivity contribution in [3.8, 4) is 0 Å². The molecule has 0 aromatic heterocycles. The van der Waals surface area contributed by atoms with Crippen molar-refractivity contribution in [2.75, 3.05) is 4.31 Å². The third-order valence-corrected chi connectivity index (χ3v) is 10.0. The van der Waals surface area contributed by atoms with Gasteiger partial charge in [0.2, 0.25) is 11.8 Å². The molecule has 2 amide bonds. The van der Waals surface area contributed by atoms with Crippen LogP contribution in [0.3, 0.4) is 0 Å². The predicted molar refractivity (Wildman–Crippen MR) is 134 cm³/mol. The SMILES string of the molecule is O=C1N[C@@H](Cc2ccccc2)C(=O)N2[C@@H]3N(S(=O)(=O)c4ccccc4)c4ccccc4[C@]3(Br)C[C@@H]12. The highest BCUT2D eigenvalue weighted by atomic mass is 79.9. The third-order valence-electron chi connectivity index (χ3n) is 7.06. The Labute approximate surface area is 211 Å². The number of hydrogen-bond donors (Lipinski definition) is 1. The van der Waals surface area contributed by atoms with E-state index in [4.69, 9.17) is 0 Å². The fourth-order valence-corrected chi connectivity index (χ4v) is 8.42. The third kappa shape index (κ3) is 3.25. The summed E-state index contributed by atoms with van der Waals surface area (Å²) in [7, 11) is -4.03. The van der Waals surface area contributed by atoms with Gasteiger partial charge in [0.15, 0.2) is 0 Å². The Hall–Kier alpha value is -3.17. The predicted octanol–water partition coefficient (Wildman–Crippen LogP) is 3.15. The molecule has 4 atom stereocenters. The Kier molecular flexibility index (Phi) is 5.05. The van der Waals surface area contributed by atoms with Gasteiger partial charge in [-0.25, -0.2) is 12.7 Å². The Morgan fingerprint density at radius 2 is 1.54 bits per heavy atom. The van der Waals surface area contributed by atoms with Crippen molar-refractivity contribution in [3.05, 3.63) is 96.1 Å². The number of rotatable bonds is 4. The van der Waals surface area contributed by atoms with Crippen LogP contribution in [0.15, 0.2) is 89.8 Å². The molecule has 35 heavy (non-hydrogen) atoms. The largest absolute Gasteiger partial charge is 0.342 e. The maximum Gasteiger partial charge on any atom is 0.266 e. The number of nitrogens with zero attached hydrogens (tertiary/aromatic N) is 2. The van der Waals surface area contributed by atoms with Gasteiger partial charge in [-0.15, -0.1) is 0 Å². The van der Waals surface area contributed by atoms with E-state index >= 15 is 0 Å². The van der Waals surface area contributed by atoms with Crippen molar-refractivity contribution in [1.82, 2.24) is 10.2 Å². The molecule has 0 bridgehead atoms. The minimum atomic E-state index is -4.03. The Balaban J connectivity index is 1.47. The highest BCUT2D eigenvalue weighted by molar-refractivity contribution is 9.09. The first-order chi connectivity index (χ1) is 16.8. The summed E-state index contributed by atoms with van der Waals surface area (Å²) in [5, 5.41) is 2.88. The van der Waals surface area contributed by atoms with Crippen LogP contribution in [-0.2, 0) is 30.4 Å². The summed E-state index contributed by atoms with van der Waals surface area (Å²) in [6, 6.07) is 23.3. The standard InChI is InChI=1S/C26H22BrN3O4S/c27-26-16-22-23(31)28-20(15-17-9-3-1-4-10-17)24(32)29(22)25(26)30(21-14-8-7-13-19(21)26)35(33,34)18-11-5-2-6-12-18/h1-14,20,22,25H,15-16H2,(H,28,31)/t20-,22-,25+,26+/m0/s1. The summed E-state index contributed by atoms with van der Waals surface area (Å²) in [6.45, 7) is 0. The van der Waals surface area contributed by atoms with Crippen LogP contribution < -0.4 is 9.62 Å². The van der Waals surface area contributed by atoms with E-state index in [1.54, 1.807) is 42.5 Å². The molecular formula is C26H22BrN3O4S. The summed E-state index contributed by atoms with van der Waals surface area (Å²) in [4.78, 5) is 28.7. The quantitative estimate of drug-likeness (QED) is 0.504. The second-order valence-corrected chi connectivity index (χ2v) is 12.3. The lowest BCUT2D eigenvalue weighted by molar-refractivity contribution is -0.148. The number of fused-ring (bicyclic) bond motifs is 5. The number of halogens is 1. The average Bonchev–Trinajstić information content (AvgIpc) is 3.31. The van der Waals surface area contributed by atoms with Gasteiger partial charge in [-0.05, 0) is 29.3 Å². The fraction of sp³-hybridized carbons (Fsp3) is 0.231. The van der Waals surface area contributed by atoms with Crippen LogP contribution in [0, 0.1) is 0 Å². The highest BCUT2D eigenvalue weighted by Crippen LogP contribution is 2.59. The summed E-state index contributed by atoms with van der Waals surface area (Å²) in [6.07, 6.45) is -0.313. The smallest absolute Gasteiger partial charge is 0.266 e. The molecule has 3 aromatic carbocycles. The molecule has 0 radical (unpaired) electrons. The average molecular weight is 552 g/mol. The molecule has 2 saturated heterocycles. The summed E-state index contributed by atoms with van der Waals surface area (Å²) in [5.74, 6) is -0.556. The van der Waals surface area contributed by atoms with Crippen LogP contribution in [0.4, 0.5) is 5.69 Å². The molecule has 0 aliphatic carbocycles. The number of sulfonamides is 1. The van der Waals surface area contributed by atoms with Gasteiger partial charge in [-0.2, -0.15) is 0 Å². The number of carbonyl (C=O) groups is 2. The van der Waals surface area contributed by atoms with E-state index in [-0.39, 0.29) is 23.1 Å². The van der Waals surface area contributed by atoms with Gasteiger partial charge < -0.3 is 10.2 Å². The number of nitrogens with one attached hydrogen (secondary N) is 1. The summed E-state index contributed by atoms with van der Waals surface area (Å²) < 4.78 is 28.4. The number of benzene rings is 3. The molecule has 7 nitrogen and oxygen atoms in total. The second kappa shape index (κ2) is 7.93. The number of amides is 2. The molecule has 6 rings (SSSR count). The zero-order chi connectivity index (χ0) is 24.4. The van der Waals surface area contributed by atoms with Gasteiger partial charge >= 0.3 is 0 Å². The second-order valence-electron chi connectivity index (χ2n) is 9.08. The number of anilines is 1. The van der Waals surface area contributed by atoms with Gasteiger partial charge in [0.1, 0.15) is 18.2 Å². The van der Waals surface area contributed by atoms with Crippen molar-refractivity contribution in [2.45, 2.75) is 40.3 Å². The Morgan fingerprint density at radius 3 is 2.26 bits per heavy atom. The van der Waals surface area contributed by atoms with Crippen molar-refractivity contribution >= 4 is 43.5 Å². The maximum atomic E-state index is 14.0.